The predicted molar refractivity (Wildman–Crippen MR) is 74.5 cm³/mol. The van der Waals surface area contributed by atoms with Gasteiger partial charge in [-0.15, -0.1) is 0 Å². The highest BCUT2D eigenvalue weighted by molar-refractivity contribution is 6.29. The van der Waals surface area contributed by atoms with Gasteiger partial charge < -0.3 is 9.47 Å². The van der Waals surface area contributed by atoms with Crippen LogP contribution in [0.5, 0.6) is 11.6 Å². The van der Waals surface area contributed by atoms with Crippen LogP contribution in [-0.4, -0.2) is 30.1 Å². The lowest BCUT2D eigenvalue weighted by Gasteiger charge is -2.08. The van der Waals surface area contributed by atoms with Gasteiger partial charge >= 0.3 is 0 Å². The quantitative estimate of drug-likeness (QED) is 0.876. The van der Waals surface area contributed by atoms with E-state index in [4.69, 9.17) is 21.1 Å². The van der Waals surface area contributed by atoms with Crippen LogP contribution in [0.1, 0.15) is 10.4 Å². The maximum Gasteiger partial charge on any atom is 0.261 e. The van der Waals surface area contributed by atoms with Crippen LogP contribution in [0.4, 0.5) is 5.95 Å². The zero-order chi connectivity index (χ0) is 14.5. The van der Waals surface area contributed by atoms with E-state index in [-0.39, 0.29) is 17.0 Å². The SMILES string of the molecule is COc1cc(Cl)nc(NC(=O)c2ccccc2OC)n1. The van der Waals surface area contributed by atoms with Gasteiger partial charge in [0.1, 0.15) is 10.9 Å². The summed E-state index contributed by atoms with van der Waals surface area (Å²) in [4.78, 5) is 20.0. The Hall–Kier alpha value is -2.34. The molecule has 0 spiro atoms. The van der Waals surface area contributed by atoms with E-state index in [0.717, 1.165) is 0 Å². The molecule has 0 aliphatic rings. The number of anilines is 1. The number of nitrogens with zero attached hydrogens (tertiary/aromatic N) is 2. The van der Waals surface area contributed by atoms with E-state index in [9.17, 15) is 4.79 Å². The summed E-state index contributed by atoms with van der Waals surface area (Å²) in [6, 6.07) is 8.27. The topological polar surface area (TPSA) is 73.3 Å². The van der Waals surface area contributed by atoms with Gasteiger partial charge in [0.2, 0.25) is 11.8 Å². The molecule has 0 aliphatic heterocycles. The van der Waals surface area contributed by atoms with E-state index in [1.807, 2.05) is 0 Å². The van der Waals surface area contributed by atoms with Gasteiger partial charge in [0, 0.05) is 6.07 Å². The standard InChI is InChI=1S/C13H12ClN3O3/c1-19-9-6-4-3-5-8(9)12(18)17-13-15-10(14)7-11(16-13)20-2/h3-7H,1-2H3,(H,15,16,17,18). The Bertz CT molecular complexity index is 634. The number of nitrogens with one attached hydrogen (secondary N) is 1. The lowest BCUT2D eigenvalue weighted by Crippen LogP contribution is -2.15. The molecule has 20 heavy (non-hydrogen) atoms. The number of carbonyl (C=O) groups excluding carboxylic acids is 1. The van der Waals surface area contributed by atoms with E-state index in [0.29, 0.717) is 11.3 Å². The van der Waals surface area contributed by atoms with Crippen molar-refractivity contribution in [3.05, 3.63) is 41.0 Å². The number of halogens is 1. The number of rotatable bonds is 4. The van der Waals surface area contributed by atoms with Gasteiger partial charge in [-0.1, -0.05) is 23.7 Å². The van der Waals surface area contributed by atoms with Crippen LogP contribution < -0.4 is 14.8 Å². The Kier molecular flexibility index (Phi) is 4.37. The number of amides is 1. The average Bonchev–Trinajstić information content (AvgIpc) is 2.46. The number of methoxy groups -OCH3 is 2. The summed E-state index contributed by atoms with van der Waals surface area (Å²) in [5, 5.41) is 2.72. The smallest absolute Gasteiger partial charge is 0.261 e. The first-order chi connectivity index (χ1) is 9.63. The predicted octanol–water partition coefficient (Wildman–Crippen LogP) is 2.40. The molecule has 0 saturated heterocycles. The van der Waals surface area contributed by atoms with Crippen molar-refractivity contribution in [1.29, 1.82) is 0 Å². The minimum Gasteiger partial charge on any atom is -0.496 e. The molecular weight excluding hydrogens is 282 g/mol. The Morgan fingerprint density at radius 3 is 2.65 bits per heavy atom. The Labute approximate surface area is 120 Å². The first kappa shape index (κ1) is 14.1. The second-order valence-corrected chi connectivity index (χ2v) is 4.10. The van der Waals surface area contributed by atoms with Crippen LogP contribution in [-0.2, 0) is 0 Å². The molecule has 0 saturated carbocycles. The van der Waals surface area contributed by atoms with Gasteiger partial charge in [-0.2, -0.15) is 4.98 Å². The number of benzene rings is 1. The third-order valence-electron chi connectivity index (χ3n) is 2.46. The summed E-state index contributed by atoms with van der Waals surface area (Å²) in [5.41, 5.74) is 0.373. The number of ether oxygens (including phenoxy) is 2. The molecule has 1 amide bonds. The largest absolute Gasteiger partial charge is 0.496 e. The molecule has 0 atom stereocenters. The third kappa shape index (κ3) is 3.16. The van der Waals surface area contributed by atoms with Crippen molar-refractivity contribution in [2.45, 2.75) is 0 Å². The van der Waals surface area contributed by atoms with Crippen molar-refractivity contribution in [2.24, 2.45) is 0 Å². The number of aromatic nitrogens is 2. The van der Waals surface area contributed by atoms with E-state index in [2.05, 4.69) is 15.3 Å². The first-order valence-corrected chi connectivity index (χ1v) is 6.04. The number of hydrogen-bond acceptors (Lipinski definition) is 5. The highest BCUT2D eigenvalue weighted by Crippen LogP contribution is 2.20. The van der Waals surface area contributed by atoms with E-state index >= 15 is 0 Å². The summed E-state index contributed by atoms with van der Waals surface area (Å²) >= 11 is 5.81. The lowest BCUT2D eigenvalue weighted by atomic mass is 10.2. The Morgan fingerprint density at radius 2 is 1.95 bits per heavy atom. The van der Waals surface area contributed by atoms with Gasteiger partial charge in [0.25, 0.3) is 5.91 Å². The minimum absolute atomic E-state index is 0.0604. The molecule has 2 rings (SSSR count). The highest BCUT2D eigenvalue weighted by Gasteiger charge is 2.13. The van der Waals surface area contributed by atoms with Crippen LogP contribution in [0, 0.1) is 0 Å². The fraction of sp³-hybridized carbons (Fsp3) is 0.154. The van der Waals surface area contributed by atoms with E-state index < -0.39 is 5.91 Å². The van der Waals surface area contributed by atoms with E-state index in [1.54, 1.807) is 24.3 Å². The van der Waals surface area contributed by atoms with Crippen molar-refractivity contribution < 1.29 is 14.3 Å². The fourth-order valence-electron chi connectivity index (χ4n) is 1.56. The number of para-hydroxylation sites is 1. The second-order valence-electron chi connectivity index (χ2n) is 3.71. The van der Waals surface area contributed by atoms with Gasteiger partial charge in [-0.25, -0.2) is 4.98 Å². The summed E-state index contributed by atoms with van der Waals surface area (Å²) in [6.45, 7) is 0. The van der Waals surface area contributed by atoms with Crippen LogP contribution in [0.25, 0.3) is 0 Å². The van der Waals surface area contributed by atoms with Crippen LogP contribution in [0.3, 0.4) is 0 Å². The van der Waals surface area contributed by atoms with Crippen molar-refractivity contribution in [3.63, 3.8) is 0 Å². The number of carbonyl (C=O) groups is 1. The van der Waals surface area contributed by atoms with Gasteiger partial charge in [-0.3, -0.25) is 10.1 Å². The zero-order valence-corrected chi connectivity index (χ0v) is 11.6. The van der Waals surface area contributed by atoms with Crippen LogP contribution in [0.15, 0.2) is 30.3 Å². The molecular formula is C13H12ClN3O3. The molecule has 6 nitrogen and oxygen atoms in total. The Balaban J connectivity index is 2.25. The maximum atomic E-state index is 12.1. The summed E-state index contributed by atoms with van der Waals surface area (Å²) < 4.78 is 10.1. The molecule has 7 heteroatoms. The molecule has 1 N–H and O–H groups in total. The molecule has 0 fully saturated rings. The van der Waals surface area contributed by atoms with Gasteiger partial charge in [0.05, 0.1) is 19.8 Å². The molecule has 0 aliphatic carbocycles. The Morgan fingerprint density at radius 1 is 1.20 bits per heavy atom. The van der Waals surface area contributed by atoms with Crippen molar-refractivity contribution in [3.8, 4) is 11.6 Å². The number of hydrogen-bond donors (Lipinski definition) is 1. The van der Waals surface area contributed by atoms with Gasteiger partial charge in [-0.05, 0) is 12.1 Å². The van der Waals surface area contributed by atoms with Gasteiger partial charge in [0.15, 0.2) is 0 Å². The summed E-state index contributed by atoms with van der Waals surface area (Å²) in [7, 11) is 2.94. The molecule has 2 aromatic rings. The maximum absolute atomic E-state index is 12.1. The average molecular weight is 294 g/mol. The molecule has 0 radical (unpaired) electrons. The molecule has 1 aromatic heterocycles. The molecule has 0 bridgehead atoms. The monoisotopic (exact) mass is 293 g/mol. The molecule has 1 aromatic carbocycles. The summed E-state index contributed by atoms with van der Waals surface area (Å²) in [5.74, 6) is 0.386. The van der Waals surface area contributed by atoms with Crippen LogP contribution in [0.2, 0.25) is 5.15 Å². The normalized spacial score (nSPS) is 9.95. The molecule has 1 heterocycles. The van der Waals surface area contributed by atoms with Crippen molar-refractivity contribution in [1.82, 2.24) is 9.97 Å². The summed E-state index contributed by atoms with van der Waals surface area (Å²) in [6.07, 6.45) is 0. The fourth-order valence-corrected chi connectivity index (χ4v) is 1.73. The lowest BCUT2D eigenvalue weighted by molar-refractivity contribution is 0.102. The first-order valence-electron chi connectivity index (χ1n) is 5.67. The highest BCUT2D eigenvalue weighted by atomic mass is 35.5. The van der Waals surface area contributed by atoms with Crippen LogP contribution >= 0.6 is 11.6 Å². The molecule has 104 valence electrons. The molecule has 0 unspecified atom stereocenters. The van der Waals surface area contributed by atoms with E-state index in [1.165, 1.54) is 20.3 Å². The second kappa shape index (κ2) is 6.21. The minimum atomic E-state index is -0.397. The van der Waals surface area contributed by atoms with Crippen molar-refractivity contribution in [2.75, 3.05) is 19.5 Å². The van der Waals surface area contributed by atoms with Crippen molar-refractivity contribution >= 4 is 23.5 Å². The zero-order valence-electron chi connectivity index (χ0n) is 10.9. The third-order valence-corrected chi connectivity index (χ3v) is 2.65.